The third kappa shape index (κ3) is 5.32. The molecule has 29 heavy (non-hydrogen) atoms. The standard InChI is InChI=1S/C16H24ClN5O5P2/c17-16-20-14(19-10-3-1-2-4-10)15-18-7-12(22(15)21-16)13-6-5-11(27-13)8-26-29(25)9-28(23)24/h7,10-11,13,23-25H,1-6,8-9H2,(H,19,20,21)/t11?,13-,29?/m1/s1. The summed E-state index contributed by atoms with van der Waals surface area (Å²) in [5.74, 6) is 0.497. The molecule has 0 radical (unpaired) electrons. The first kappa shape index (κ1) is 21.5. The topological polar surface area (TPSA) is 134 Å². The Kier molecular flexibility index (Phi) is 7.14. The zero-order chi connectivity index (χ0) is 20.4. The van der Waals surface area contributed by atoms with E-state index in [0.717, 1.165) is 31.4 Å². The SMILES string of the molecule is OP(O)CP(O)OCC1CC[C@H](c2cnc3c(NC4CCCC4)nc(Cl)nn23)O1. The van der Waals surface area contributed by atoms with Gasteiger partial charge in [0.25, 0.3) is 0 Å². The maximum atomic E-state index is 9.68. The zero-order valence-corrected chi connectivity index (χ0v) is 18.2. The van der Waals surface area contributed by atoms with E-state index in [0.29, 0.717) is 17.5 Å². The third-order valence-electron chi connectivity index (χ3n) is 5.15. The Balaban J connectivity index is 1.44. The molecule has 3 heterocycles. The second kappa shape index (κ2) is 9.62. The van der Waals surface area contributed by atoms with E-state index in [2.05, 4.69) is 20.4 Å². The summed E-state index contributed by atoms with van der Waals surface area (Å²) in [4.78, 5) is 36.4. The average Bonchev–Trinajstić information content (AvgIpc) is 3.39. The monoisotopic (exact) mass is 463 g/mol. The van der Waals surface area contributed by atoms with Gasteiger partial charge in [0.05, 0.1) is 30.5 Å². The van der Waals surface area contributed by atoms with Crippen LogP contribution < -0.4 is 5.32 Å². The van der Waals surface area contributed by atoms with Crippen LogP contribution >= 0.6 is 28.4 Å². The largest absolute Gasteiger partial charge is 0.366 e. The summed E-state index contributed by atoms with van der Waals surface area (Å²) in [7, 11) is -4.02. The van der Waals surface area contributed by atoms with Crippen molar-refractivity contribution in [3.63, 3.8) is 0 Å². The fourth-order valence-electron chi connectivity index (χ4n) is 3.82. The van der Waals surface area contributed by atoms with Crippen LogP contribution in [0.3, 0.4) is 0 Å². The highest BCUT2D eigenvalue weighted by molar-refractivity contribution is 7.63. The molecule has 0 spiro atoms. The summed E-state index contributed by atoms with van der Waals surface area (Å²) in [6.07, 6.45) is 7.46. The molecule has 1 aliphatic heterocycles. The van der Waals surface area contributed by atoms with Crippen LogP contribution in [0, 0.1) is 0 Å². The van der Waals surface area contributed by atoms with Gasteiger partial charge in [-0.1, -0.05) is 12.8 Å². The van der Waals surface area contributed by atoms with Crippen molar-refractivity contribution in [1.82, 2.24) is 19.6 Å². The molecule has 2 fully saturated rings. The van der Waals surface area contributed by atoms with Gasteiger partial charge in [-0.2, -0.15) is 4.98 Å². The average molecular weight is 464 g/mol. The fourth-order valence-corrected chi connectivity index (χ4v) is 5.51. The Bertz CT molecular complexity index is 837. The second-order valence-electron chi connectivity index (χ2n) is 7.26. The minimum absolute atomic E-state index is 0.139. The molecular weight excluding hydrogens is 440 g/mol. The summed E-state index contributed by atoms with van der Waals surface area (Å²) in [5, 5.41) is 7.90. The minimum atomic E-state index is -2.17. The lowest BCUT2D eigenvalue weighted by Crippen LogP contribution is -2.18. The second-order valence-corrected chi connectivity index (χ2v) is 10.4. The lowest BCUT2D eigenvalue weighted by atomic mass is 10.1. The van der Waals surface area contributed by atoms with Gasteiger partial charge < -0.3 is 29.3 Å². The van der Waals surface area contributed by atoms with Crippen molar-refractivity contribution in [3.05, 3.63) is 17.2 Å². The third-order valence-corrected chi connectivity index (χ3v) is 7.74. The van der Waals surface area contributed by atoms with Gasteiger partial charge in [-0.15, -0.1) is 5.10 Å². The molecule has 0 amide bonds. The molecule has 0 bridgehead atoms. The van der Waals surface area contributed by atoms with Crippen molar-refractivity contribution in [1.29, 1.82) is 0 Å². The lowest BCUT2D eigenvalue weighted by molar-refractivity contribution is 0.0151. The maximum Gasteiger partial charge on any atom is 0.243 e. The van der Waals surface area contributed by atoms with Crippen LogP contribution in [0.15, 0.2) is 6.20 Å². The van der Waals surface area contributed by atoms with Gasteiger partial charge in [0.2, 0.25) is 5.28 Å². The first-order valence-electron chi connectivity index (χ1n) is 9.57. The number of ether oxygens (including phenoxy) is 1. The summed E-state index contributed by atoms with van der Waals surface area (Å²) < 4.78 is 13.1. The molecule has 4 N–H and O–H groups in total. The molecule has 13 heteroatoms. The summed E-state index contributed by atoms with van der Waals surface area (Å²) in [6, 6.07) is 0.376. The van der Waals surface area contributed by atoms with E-state index in [4.69, 9.17) is 30.6 Å². The molecular formula is C16H24ClN5O5P2. The normalized spacial score (nSPS) is 24.0. The Labute approximate surface area is 175 Å². The number of nitrogens with one attached hydrogen (secondary N) is 1. The predicted octanol–water partition coefficient (Wildman–Crippen LogP) is 2.93. The van der Waals surface area contributed by atoms with E-state index in [1.807, 2.05) is 0 Å². The molecule has 2 aliphatic rings. The lowest BCUT2D eigenvalue weighted by Gasteiger charge is -2.16. The Hall–Kier alpha value is -0.700. The number of nitrogens with zero attached hydrogens (tertiary/aromatic N) is 4. The van der Waals surface area contributed by atoms with Gasteiger partial charge in [0, 0.05) is 6.04 Å². The van der Waals surface area contributed by atoms with Crippen LogP contribution in [0.2, 0.25) is 5.28 Å². The summed E-state index contributed by atoms with van der Waals surface area (Å²) in [5.41, 5.74) is 1.42. The first-order chi connectivity index (χ1) is 14.0. The minimum Gasteiger partial charge on any atom is -0.366 e. The summed E-state index contributed by atoms with van der Waals surface area (Å²) in [6.45, 7) is 0.197. The predicted molar refractivity (Wildman–Crippen MR) is 110 cm³/mol. The van der Waals surface area contributed by atoms with Crippen LogP contribution in [-0.4, -0.2) is 58.9 Å². The number of hydrogen-bond acceptors (Lipinski definition) is 9. The Morgan fingerprint density at radius 2 is 2.03 bits per heavy atom. The number of halogens is 1. The van der Waals surface area contributed by atoms with Gasteiger partial charge in [-0.05, 0) is 37.3 Å². The molecule has 4 rings (SSSR count). The number of hydrogen-bond donors (Lipinski definition) is 4. The number of anilines is 1. The number of aromatic nitrogens is 4. The van der Waals surface area contributed by atoms with Gasteiger partial charge in [0.15, 0.2) is 28.2 Å². The molecule has 2 aromatic rings. The van der Waals surface area contributed by atoms with E-state index < -0.39 is 16.8 Å². The van der Waals surface area contributed by atoms with E-state index in [1.165, 1.54) is 12.8 Å². The zero-order valence-electron chi connectivity index (χ0n) is 15.7. The molecule has 1 saturated heterocycles. The van der Waals surface area contributed by atoms with Crippen molar-refractivity contribution in [2.45, 2.75) is 56.8 Å². The Morgan fingerprint density at radius 3 is 2.79 bits per heavy atom. The maximum absolute atomic E-state index is 9.68. The molecule has 3 atom stereocenters. The van der Waals surface area contributed by atoms with E-state index in [-0.39, 0.29) is 30.0 Å². The van der Waals surface area contributed by atoms with Gasteiger partial charge in [-0.25, -0.2) is 9.50 Å². The van der Waals surface area contributed by atoms with Gasteiger partial charge in [0.1, 0.15) is 6.10 Å². The molecule has 2 unspecified atom stereocenters. The highest BCUT2D eigenvalue weighted by Gasteiger charge is 2.31. The van der Waals surface area contributed by atoms with Gasteiger partial charge in [-0.3, -0.25) is 0 Å². The van der Waals surface area contributed by atoms with Crippen molar-refractivity contribution in [3.8, 4) is 0 Å². The van der Waals surface area contributed by atoms with Crippen molar-refractivity contribution in [2.24, 2.45) is 0 Å². The number of imidazole rings is 1. The smallest absolute Gasteiger partial charge is 0.243 e. The highest BCUT2D eigenvalue weighted by atomic mass is 35.5. The van der Waals surface area contributed by atoms with Crippen LogP contribution in [0.4, 0.5) is 5.82 Å². The van der Waals surface area contributed by atoms with Gasteiger partial charge >= 0.3 is 0 Å². The quantitative estimate of drug-likeness (QED) is 0.436. The van der Waals surface area contributed by atoms with Crippen LogP contribution in [-0.2, 0) is 9.26 Å². The fraction of sp³-hybridized carbons (Fsp3) is 0.688. The number of rotatable bonds is 8. The van der Waals surface area contributed by atoms with Crippen LogP contribution in [0.1, 0.15) is 50.3 Å². The van der Waals surface area contributed by atoms with E-state index in [1.54, 1.807) is 10.7 Å². The highest BCUT2D eigenvalue weighted by Crippen LogP contribution is 2.44. The van der Waals surface area contributed by atoms with Crippen LogP contribution in [0.5, 0.6) is 0 Å². The molecule has 10 nitrogen and oxygen atoms in total. The molecule has 1 saturated carbocycles. The molecule has 160 valence electrons. The molecule has 2 aromatic heterocycles. The van der Waals surface area contributed by atoms with Crippen molar-refractivity contribution in [2.75, 3.05) is 17.8 Å². The van der Waals surface area contributed by atoms with Crippen molar-refractivity contribution < 1.29 is 23.9 Å². The Morgan fingerprint density at radius 1 is 1.24 bits per heavy atom. The summed E-state index contributed by atoms with van der Waals surface area (Å²) >= 11 is 6.16. The van der Waals surface area contributed by atoms with E-state index in [9.17, 15) is 4.89 Å². The first-order valence-corrected chi connectivity index (χ1v) is 12.8. The van der Waals surface area contributed by atoms with E-state index >= 15 is 0 Å². The molecule has 0 aromatic carbocycles. The van der Waals surface area contributed by atoms with Crippen molar-refractivity contribution >= 4 is 39.8 Å². The number of fused-ring (bicyclic) bond motifs is 1. The van der Waals surface area contributed by atoms with Crippen LogP contribution in [0.25, 0.3) is 5.65 Å². The molecule has 1 aliphatic carbocycles.